The van der Waals surface area contributed by atoms with Crippen LogP contribution in [0.3, 0.4) is 0 Å². The molecular weight excluding hydrogens is 104 g/mol. The zero-order chi connectivity index (χ0) is 5.91. The van der Waals surface area contributed by atoms with Crippen LogP contribution in [-0.2, 0) is 0 Å². The van der Waals surface area contributed by atoms with Gasteiger partial charge in [-0.2, -0.15) is 0 Å². The number of aliphatic hydroxyl groups is 1. The molecule has 0 aliphatic heterocycles. The second kappa shape index (κ2) is 2.48. The van der Waals surface area contributed by atoms with E-state index in [0.29, 0.717) is 0 Å². The van der Waals surface area contributed by atoms with Crippen molar-refractivity contribution in [3.05, 3.63) is 0 Å². The maximum Gasteiger partial charge on any atom is 0.375 e. The van der Waals surface area contributed by atoms with E-state index in [1.807, 2.05) is 0 Å². The van der Waals surface area contributed by atoms with Gasteiger partial charge in [0.25, 0.3) is 0 Å². The first-order valence-electron chi connectivity index (χ1n) is 2.75. The fraction of sp³-hybridized carbons (Fsp3) is 1.00. The van der Waals surface area contributed by atoms with Gasteiger partial charge in [0.15, 0.2) is 0 Å². The van der Waals surface area contributed by atoms with Crippen molar-refractivity contribution >= 4 is 8.32 Å². The lowest BCUT2D eigenvalue weighted by Crippen LogP contribution is -2.29. The van der Waals surface area contributed by atoms with Crippen LogP contribution < -0.4 is 0 Å². The van der Waals surface area contributed by atoms with E-state index in [-0.39, 0.29) is 0 Å². The molecule has 0 aromatic rings. The minimum Gasteiger partial charge on any atom is -0.531 e. The molecule has 44 valence electrons. The largest absolute Gasteiger partial charge is 0.531 e. The van der Waals surface area contributed by atoms with Gasteiger partial charge in [0, 0.05) is 26.6 Å². The molecule has 0 aliphatic carbocycles. The fourth-order valence-corrected chi connectivity index (χ4v) is 1.42. The molecule has 0 heterocycles. The molecule has 0 saturated heterocycles. The van der Waals surface area contributed by atoms with Crippen LogP contribution >= 0.6 is 0 Å². The van der Waals surface area contributed by atoms with Crippen LogP contribution in [0.1, 0.15) is 6.92 Å². The Balaban J connectivity index is 3.15. The molecule has 0 spiro atoms. The Morgan fingerprint density at radius 3 is 1.71 bits per heavy atom. The normalized spacial score (nSPS) is 12.0. The quantitative estimate of drug-likeness (QED) is 0.385. The average molecular weight is 119 g/mol. The molecule has 2 heteroatoms. The first-order valence-corrected chi connectivity index (χ1v) is 6.19. The van der Waals surface area contributed by atoms with Crippen molar-refractivity contribution in [2.75, 3.05) is 6.61 Å². The van der Waals surface area contributed by atoms with Gasteiger partial charge in [-0.15, -0.1) is 0 Å². The Kier molecular flexibility index (Phi) is 2.54. The Hall–Kier alpha value is 0.177. The highest BCUT2D eigenvalue weighted by atomic mass is 28.4. The molecule has 0 amide bonds. The lowest BCUT2D eigenvalue weighted by atomic mass is 10.9. The van der Waals surface area contributed by atoms with Crippen LogP contribution in [0.4, 0.5) is 0 Å². The molecule has 0 rings (SSSR count). The summed E-state index contributed by atoms with van der Waals surface area (Å²) in [5, 5.41) is 0. The highest BCUT2D eigenvalue weighted by Gasteiger charge is 2.21. The number of rotatable bonds is 2. The van der Waals surface area contributed by atoms with Gasteiger partial charge < -0.3 is 4.43 Å². The van der Waals surface area contributed by atoms with E-state index >= 15 is 0 Å². The summed E-state index contributed by atoms with van der Waals surface area (Å²) in [5.74, 6) is 0. The molecule has 0 unspecified atom stereocenters. The lowest BCUT2D eigenvalue weighted by Gasteiger charge is -2.08. The second-order valence-electron chi connectivity index (χ2n) is 2.65. The lowest BCUT2D eigenvalue weighted by molar-refractivity contribution is 0.142. The van der Waals surface area contributed by atoms with Crippen LogP contribution in [-0.4, -0.2) is 19.4 Å². The fourth-order valence-electron chi connectivity index (χ4n) is 0.474. The Labute approximate surface area is 46.8 Å². The summed E-state index contributed by atoms with van der Waals surface area (Å²) in [7, 11) is -1.03. The van der Waals surface area contributed by atoms with E-state index in [4.69, 9.17) is 0 Å². The Bertz CT molecular complexity index is 46.5. The predicted molar refractivity (Wildman–Crippen MR) is 36.1 cm³/mol. The average Bonchev–Trinajstić information content (AvgIpc) is 1.30. The van der Waals surface area contributed by atoms with Gasteiger partial charge in [-0.05, 0) is 0 Å². The third-order valence-corrected chi connectivity index (χ3v) is 1.90. The predicted octanol–water partition coefficient (Wildman–Crippen LogP) is 1.37. The van der Waals surface area contributed by atoms with Gasteiger partial charge in [-0.25, -0.2) is 0 Å². The third kappa shape index (κ3) is 6.18. The van der Waals surface area contributed by atoms with Crippen molar-refractivity contribution in [2.24, 2.45) is 0 Å². The molecule has 0 radical (unpaired) electrons. The molecule has 0 aromatic carbocycles. The Morgan fingerprint density at radius 2 is 1.71 bits per heavy atom. The van der Waals surface area contributed by atoms with Gasteiger partial charge in [0.05, 0.1) is 0 Å². The monoisotopic (exact) mass is 119 g/mol. The molecule has 0 aromatic heterocycles. The van der Waals surface area contributed by atoms with Crippen molar-refractivity contribution in [3.8, 4) is 0 Å². The molecule has 0 aliphatic rings. The molecule has 7 heavy (non-hydrogen) atoms. The van der Waals surface area contributed by atoms with Crippen molar-refractivity contribution in [1.29, 1.82) is 0 Å². The minimum atomic E-state index is -1.03. The summed E-state index contributed by atoms with van der Waals surface area (Å²) in [4.78, 5) is 0. The molecule has 1 nitrogen and oxygen atoms in total. The first kappa shape index (κ1) is 7.18. The summed E-state index contributed by atoms with van der Waals surface area (Å²) in [6.07, 6.45) is 0. The SMILES string of the molecule is CC[OH+][Si](C)(C)C. The van der Waals surface area contributed by atoms with Crippen LogP contribution in [0.25, 0.3) is 0 Å². The number of hydrogen-bond acceptors (Lipinski definition) is 0. The maximum atomic E-state index is 4.40. The van der Waals surface area contributed by atoms with E-state index < -0.39 is 8.32 Å². The molecular formula is C5H15OSi+. The first-order chi connectivity index (χ1) is 3.06. The highest BCUT2D eigenvalue weighted by molar-refractivity contribution is 6.69. The molecule has 0 fully saturated rings. The topological polar surface area (TPSA) is 12.8 Å². The molecule has 0 atom stereocenters. The standard InChI is InChI=1S/C5H14OSi/c1-5-6-7(2,3)4/h5H2,1-4H3/p+1. The zero-order valence-corrected chi connectivity index (χ0v) is 6.65. The van der Waals surface area contributed by atoms with Crippen LogP contribution in [0.15, 0.2) is 0 Å². The number of hydrogen-bond donors (Lipinski definition) is 0. The van der Waals surface area contributed by atoms with Gasteiger partial charge in [0.1, 0.15) is 6.61 Å². The molecule has 0 saturated carbocycles. The van der Waals surface area contributed by atoms with Crippen LogP contribution in [0.5, 0.6) is 0 Å². The van der Waals surface area contributed by atoms with E-state index in [9.17, 15) is 0 Å². The maximum absolute atomic E-state index is 4.40. The van der Waals surface area contributed by atoms with Gasteiger partial charge in [0.2, 0.25) is 0 Å². The minimum absolute atomic E-state index is 0.996. The van der Waals surface area contributed by atoms with Gasteiger partial charge >= 0.3 is 8.32 Å². The van der Waals surface area contributed by atoms with Crippen molar-refractivity contribution in [1.82, 2.24) is 0 Å². The van der Waals surface area contributed by atoms with Crippen molar-refractivity contribution < 1.29 is 4.43 Å². The van der Waals surface area contributed by atoms with E-state index in [2.05, 4.69) is 31.0 Å². The third-order valence-electron chi connectivity index (χ3n) is 0.632. The summed E-state index contributed by atoms with van der Waals surface area (Å²) in [5.41, 5.74) is 0. The molecule has 1 N–H and O–H groups in total. The van der Waals surface area contributed by atoms with Crippen molar-refractivity contribution in [3.63, 3.8) is 0 Å². The summed E-state index contributed by atoms with van der Waals surface area (Å²) in [6, 6.07) is 0. The zero-order valence-electron chi connectivity index (χ0n) is 5.65. The van der Waals surface area contributed by atoms with E-state index in [1.54, 1.807) is 0 Å². The summed E-state index contributed by atoms with van der Waals surface area (Å²) in [6.45, 7) is 9.83. The van der Waals surface area contributed by atoms with Gasteiger partial charge in [-0.1, -0.05) is 0 Å². The smallest absolute Gasteiger partial charge is 0.375 e. The summed E-state index contributed by atoms with van der Waals surface area (Å²) >= 11 is 0. The van der Waals surface area contributed by atoms with Crippen molar-refractivity contribution in [2.45, 2.75) is 26.6 Å². The van der Waals surface area contributed by atoms with Crippen LogP contribution in [0.2, 0.25) is 19.6 Å². The highest BCUT2D eigenvalue weighted by Crippen LogP contribution is 1.96. The van der Waals surface area contributed by atoms with E-state index in [0.717, 1.165) is 6.61 Å². The second-order valence-corrected chi connectivity index (χ2v) is 7.30. The Morgan fingerprint density at radius 1 is 1.29 bits per heavy atom. The van der Waals surface area contributed by atoms with Gasteiger partial charge in [-0.3, -0.25) is 0 Å². The van der Waals surface area contributed by atoms with E-state index in [1.165, 1.54) is 0 Å². The molecule has 0 bridgehead atoms. The summed E-state index contributed by atoms with van der Waals surface area (Å²) < 4.78 is 4.40. The van der Waals surface area contributed by atoms with Crippen LogP contribution in [0, 0.1) is 0 Å².